The van der Waals surface area contributed by atoms with Crippen LogP contribution in [-0.2, 0) is 6.54 Å². The highest BCUT2D eigenvalue weighted by atomic mass is 32.1. The van der Waals surface area contributed by atoms with Gasteiger partial charge in [0.05, 0.1) is 10.4 Å². The first-order valence-corrected chi connectivity index (χ1v) is 8.71. The van der Waals surface area contributed by atoms with Gasteiger partial charge in [0.15, 0.2) is 0 Å². The lowest BCUT2D eigenvalue weighted by atomic mass is 10.2. The third-order valence-electron chi connectivity index (χ3n) is 4.02. The molecule has 0 saturated carbocycles. The molecule has 2 aromatic carbocycles. The van der Waals surface area contributed by atoms with Gasteiger partial charge < -0.3 is 9.88 Å². The van der Waals surface area contributed by atoms with Gasteiger partial charge in [0.2, 0.25) is 0 Å². The molecule has 2 heterocycles. The summed E-state index contributed by atoms with van der Waals surface area (Å²) < 4.78 is 15.0. The van der Waals surface area contributed by atoms with Gasteiger partial charge in [0, 0.05) is 12.7 Å². The number of nitrogens with zero attached hydrogens (tertiary/aromatic N) is 1. The fraction of sp³-hybridized carbons (Fsp3) is 0.0500. The summed E-state index contributed by atoms with van der Waals surface area (Å²) in [7, 11) is 0. The predicted octanol–water partition coefficient (Wildman–Crippen LogP) is 4.76. The number of benzene rings is 2. The number of hydrogen-bond acceptors (Lipinski definition) is 2. The standard InChI is InChI=1S/C20H15FN2OS/c21-16-7-5-14(6-8-16)13-22-20(24)18-9-10-19(25-18)23-12-11-15-3-1-2-4-17(15)23/h1-12H,13H2,(H,22,24). The van der Waals surface area contributed by atoms with Crippen molar-refractivity contribution in [3.05, 3.63) is 89.2 Å². The highest BCUT2D eigenvalue weighted by molar-refractivity contribution is 7.16. The lowest BCUT2D eigenvalue weighted by Gasteiger charge is -2.04. The van der Waals surface area contributed by atoms with Gasteiger partial charge in [-0.1, -0.05) is 30.3 Å². The molecule has 0 aliphatic rings. The number of halogens is 1. The lowest BCUT2D eigenvalue weighted by molar-refractivity contribution is 0.0955. The number of thiophene rings is 1. The summed E-state index contributed by atoms with van der Waals surface area (Å²) >= 11 is 1.44. The Morgan fingerprint density at radius 3 is 2.64 bits per heavy atom. The highest BCUT2D eigenvalue weighted by Gasteiger charge is 2.11. The van der Waals surface area contributed by atoms with Crippen LogP contribution in [0.5, 0.6) is 0 Å². The van der Waals surface area contributed by atoms with Gasteiger partial charge in [0.1, 0.15) is 10.8 Å². The Morgan fingerprint density at radius 2 is 1.80 bits per heavy atom. The van der Waals surface area contributed by atoms with Crippen LogP contribution < -0.4 is 5.32 Å². The van der Waals surface area contributed by atoms with Crippen LogP contribution in [0.15, 0.2) is 72.9 Å². The predicted molar refractivity (Wildman–Crippen MR) is 98.7 cm³/mol. The summed E-state index contributed by atoms with van der Waals surface area (Å²) in [6.07, 6.45) is 2.01. The number of para-hydroxylation sites is 1. The summed E-state index contributed by atoms with van der Waals surface area (Å²) in [5.74, 6) is -0.408. The van der Waals surface area contributed by atoms with Gasteiger partial charge in [-0.3, -0.25) is 4.79 Å². The third kappa shape index (κ3) is 3.19. The molecule has 1 N–H and O–H groups in total. The third-order valence-corrected chi connectivity index (χ3v) is 5.10. The van der Waals surface area contributed by atoms with Crippen LogP contribution in [0.2, 0.25) is 0 Å². The van der Waals surface area contributed by atoms with E-state index < -0.39 is 0 Å². The maximum absolute atomic E-state index is 12.9. The number of amides is 1. The molecule has 4 aromatic rings. The highest BCUT2D eigenvalue weighted by Crippen LogP contribution is 2.26. The summed E-state index contributed by atoms with van der Waals surface area (Å²) in [5, 5.41) is 5.03. The van der Waals surface area contributed by atoms with Crippen molar-refractivity contribution in [2.24, 2.45) is 0 Å². The number of rotatable bonds is 4. The van der Waals surface area contributed by atoms with E-state index in [-0.39, 0.29) is 11.7 Å². The topological polar surface area (TPSA) is 34.0 Å². The van der Waals surface area contributed by atoms with E-state index in [0.29, 0.717) is 11.4 Å². The van der Waals surface area contributed by atoms with E-state index >= 15 is 0 Å². The van der Waals surface area contributed by atoms with Crippen molar-refractivity contribution < 1.29 is 9.18 Å². The fourth-order valence-corrected chi connectivity index (χ4v) is 3.65. The van der Waals surface area contributed by atoms with Crippen LogP contribution in [-0.4, -0.2) is 10.5 Å². The number of carbonyl (C=O) groups is 1. The fourth-order valence-electron chi connectivity index (χ4n) is 2.73. The molecular formula is C20H15FN2OS. The van der Waals surface area contributed by atoms with Crippen LogP contribution in [0.25, 0.3) is 15.9 Å². The zero-order chi connectivity index (χ0) is 17.2. The molecule has 0 radical (unpaired) electrons. The molecule has 2 aromatic heterocycles. The van der Waals surface area contributed by atoms with E-state index in [9.17, 15) is 9.18 Å². The van der Waals surface area contributed by atoms with Gasteiger partial charge in [0.25, 0.3) is 5.91 Å². The second-order valence-corrected chi connectivity index (χ2v) is 6.75. The number of hydrogen-bond donors (Lipinski definition) is 1. The first-order valence-electron chi connectivity index (χ1n) is 7.90. The monoisotopic (exact) mass is 350 g/mol. The zero-order valence-electron chi connectivity index (χ0n) is 13.3. The Morgan fingerprint density at radius 1 is 1.00 bits per heavy atom. The maximum Gasteiger partial charge on any atom is 0.261 e. The van der Waals surface area contributed by atoms with Crippen molar-refractivity contribution in [2.45, 2.75) is 6.54 Å². The first kappa shape index (κ1) is 15.6. The maximum atomic E-state index is 12.9. The van der Waals surface area contributed by atoms with Crippen molar-refractivity contribution in [3.63, 3.8) is 0 Å². The van der Waals surface area contributed by atoms with Crippen molar-refractivity contribution in [3.8, 4) is 5.00 Å². The summed E-state index contributed by atoms with van der Waals surface area (Å²) in [5.41, 5.74) is 1.98. The van der Waals surface area contributed by atoms with Crippen LogP contribution in [0, 0.1) is 5.82 Å². The Balaban J connectivity index is 1.50. The average molecular weight is 350 g/mol. The minimum Gasteiger partial charge on any atom is -0.347 e. The second kappa shape index (κ2) is 6.53. The Hall–Kier alpha value is -2.92. The van der Waals surface area contributed by atoms with Crippen molar-refractivity contribution >= 4 is 28.1 Å². The minimum atomic E-state index is -0.281. The van der Waals surface area contributed by atoms with Crippen LogP contribution in [0.1, 0.15) is 15.2 Å². The minimum absolute atomic E-state index is 0.128. The number of nitrogens with one attached hydrogen (secondary N) is 1. The molecule has 0 aliphatic heterocycles. The smallest absolute Gasteiger partial charge is 0.261 e. The van der Waals surface area contributed by atoms with E-state index in [1.807, 2.05) is 30.5 Å². The Bertz CT molecular complexity index is 1030. The summed E-state index contributed by atoms with van der Waals surface area (Å²) in [4.78, 5) is 13.0. The SMILES string of the molecule is O=C(NCc1ccc(F)cc1)c1ccc(-n2ccc3ccccc32)s1. The first-order chi connectivity index (χ1) is 12.2. The molecule has 0 spiro atoms. The van der Waals surface area contributed by atoms with Gasteiger partial charge in [-0.25, -0.2) is 4.39 Å². The molecule has 5 heteroatoms. The number of aromatic nitrogens is 1. The molecule has 3 nitrogen and oxygen atoms in total. The Kier molecular flexibility index (Phi) is 4.07. The van der Waals surface area contributed by atoms with Crippen molar-refractivity contribution in [1.29, 1.82) is 0 Å². The van der Waals surface area contributed by atoms with E-state index in [0.717, 1.165) is 16.1 Å². The molecule has 124 valence electrons. The van der Waals surface area contributed by atoms with E-state index in [1.54, 1.807) is 12.1 Å². The van der Waals surface area contributed by atoms with Crippen LogP contribution in [0.3, 0.4) is 0 Å². The normalized spacial score (nSPS) is 10.9. The number of carbonyl (C=O) groups excluding carboxylic acids is 1. The number of fused-ring (bicyclic) bond motifs is 1. The van der Waals surface area contributed by atoms with E-state index in [2.05, 4.69) is 28.1 Å². The summed E-state index contributed by atoms with van der Waals surface area (Å²) in [6.45, 7) is 0.374. The molecular weight excluding hydrogens is 335 g/mol. The summed E-state index contributed by atoms with van der Waals surface area (Å²) in [6, 6.07) is 20.1. The van der Waals surface area contributed by atoms with Gasteiger partial charge in [-0.05, 0) is 47.3 Å². The quantitative estimate of drug-likeness (QED) is 0.566. The van der Waals surface area contributed by atoms with Crippen molar-refractivity contribution in [2.75, 3.05) is 0 Å². The molecule has 0 aliphatic carbocycles. The van der Waals surface area contributed by atoms with Crippen molar-refractivity contribution in [1.82, 2.24) is 9.88 Å². The molecule has 0 fully saturated rings. The molecule has 0 atom stereocenters. The van der Waals surface area contributed by atoms with Gasteiger partial charge in [-0.15, -0.1) is 11.3 Å². The van der Waals surface area contributed by atoms with Crippen LogP contribution >= 0.6 is 11.3 Å². The largest absolute Gasteiger partial charge is 0.347 e. The van der Waals surface area contributed by atoms with Gasteiger partial charge >= 0.3 is 0 Å². The Labute approximate surface area is 148 Å². The molecule has 4 rings (SSSR count). The van der Waals surface area contributed by atoms with Crippen LogP contribution in [0.4, 0.5) is 4.39 Å². The molecule has 0 bridgehead atoms. The second-order valence-electron chi connectivity index (χ2n) is 5.69. The zero-order valence-corrected chi connectivity index (χ0v) is 14.1. The molecule has 25 heavy (non-hydrogen) atoms. The molecule has 0 saturated heterocycles. The van der Waals surface area contributed by atoms with E-state index in [4.69, 9.17) is 0 Å². The molecule has 0 unspecified atom stereocenters. The van der Waals surface area contributed by atoms with E-state index in [1.165, 1.54) is 28.9 Å². The van der Waals surface area contributed by atoms with Gasteiger partial charge in [-0.2, -0.15) is 0 Å². The average Bonchev–Trinajstić information content (AvgIpc) is 3.27. The lowest BCUT2D eigenvalue weighted by Crippen LogP contribution is -2.21. The molecule has 1 amide bonds.